The molecular formula is C21H24ClFN4O2S. The molecule has 0 aliphatic heterocycles. The predicted molar refractivity (Wildman–Crippen MR) is 117 cm³/mol. The Morgan fingerprint density at radius 3 is 2.47 bits per heavy atom. The summed E-state index contributed by atoms with van der Waals surface area (Å²) in [6.45, 7) is 6.24. The predicted octanol–water partition coefficient (Wildman–Crippen LogP) is 4.24. The maximum atomic E-state index is 14.2. The first-order valence-electron chi connectivity index (χ1n) is 9.39. The van der Waals surface area contributed by atoms with Gasteiger partial charge in [0.05, 0.1) is 22.2 Å². The Morgan fingerprint density at radius 1 is 1.20 bits per heavy atom. The molecule has 0 radical (unpaired) electrons. The number of aliphatic hydroxyl groups is 1. The maximum Gasteiger partial charge on any atom is 0.165 e. The highest BCUT2D eigenvalue weighted by Crippen LogP contribution is 2.33. The third-order valence-corrected chi connectivity index (χ3v) is 6.13. The molecular weight excluding hydrogens is 427 g/mol. The first-order chi connectivity index (χ1) is 14.1. The summed E-state index contributed by atoms with van der Waals surface area (Å²) < 4.78 is 31.7. The van der Waals surface area contributed by atoms with Crippen LogP contribution in [0.3, 0.4) is 0 Å². The standard InChI is InChI=1S/C21H24ClFN4O2S/c1-21(2,3)13-5-7-14(8-6-13)30(29)26-18-12-17(23)16(22)11-15(18)20-25-24-19(9-10-28)27(20)4/h5-8,11-12,26,28H,9-10H2,1-4H3. The van der Waals surface area contributed by atoms with E-state index in [1.807, 2.05) is 12.1 Å². The molecule has 3 rings (SSSR count). The van der Waals surface area contributed by atoms with Crippen molar-refractivity contribution in [3.63, 3.8) is 0 Å². The Morgan fingerprint density at radius 2 is 1.87 bits per heavy atom. The van der Waals surface area contributed by atoms with Gasteiger partial charge in [-0.25, -0.2) is 8.60 Å². The molecule has 0 saturated carbocycles. The van der Waals surface area contributed by atoms with E-state index in [1.54, 1.807) is 23.7 Å². The molecule has 0 fully saturated rings. The molecule has 0 amide bonds. The number of rotatable bonds is 6. The summed E-state index contributed by atoms with van der Waals surface area (Å²) in [6, 6.07) is 10.1. The molecule has 9 heteroatoms. The third-order valence-electron chi connectivity index (χ3n) is 4.74. The molecule has 0 spiro atoms. The van der Waals surface area contributed by atoms with Crippen molar-refractivity contribution in [1.82, 2.24) is 14.8 Å². The number of aliphatic hydroxyl groups excluding tert-OH is 1. The van der Waals surface area contributed by atoms with Crippen LogP contribution in [0.15, 0.2) is 41.3 Å². The van der Waals surface area contributed by atoms with Crippen molar-refractivity contribution >= 4 is 28.3 Å². The molecule has 6 nitrogen and oxygen atoms in total. The van der Waals surface area contributed by atoms with Gasteiger partial charge in [0, 0.05) is 25.1 Å². The quantitative estimate of drug-likeness (QED) is 0.588. The molecule has 1 unspecified atom stereocenters. The number of nitrogens with one attached hydrogen (secondary N) is 1. The van der Waals surface area contributed by atoms with E-state index >= 15 is 0 Å². The molecule has 3 aromatic rings. The van der Waals surface area contributed by atoms with E-state index in [9.17, 15) is 8.60 Å². The van der Waals surface area contributed by atoms with Crippen LogP contribution in [0.1, 0.15) is 32.2 Å². The number of halogens is 2. The van der Waals surface area contributed by atoms with Gasteiger partial charge >= 0.3 is 0 Å². The molecule has 0 aliphatic carbocycles. The molecule has 30 heavy (non-hydrogen) atoms. The van der Waals surface area contributed by atoms with Gasteiger partial charge in [-0.3, -0.25) is 0 Å². The van der Waals surface area contributed by atoms with Crippen LogP contribution in [0.5, 0.6) is 0 Å². The average molecular weight is 451 g/mol. The average Bonchev–Trinajstić information content (AvgIpc) is 3.04. The molecule has 0 aliphatic rings. The van der Waals surface area contributed by atoms with E-state index < -0.39 is 16.8 Å². The van der Waals surface area contributed by atoms with Gasteiger partial charge in [-0.05, 0) is 29.2 Å². The smallest absolute Gasteiger partial charge is 0.165 e. The zero-order chi connectivity index (χ0) is 22.1. The second kappa shape index (κ2) is 8.83. The normalized spacial score (nSPS) is 12.8. The lowest BCUT2D eigenvalue weighted by molar-refractivity contribution is 0.295. The van der Waals surface area contributed by atoms with Gasteiger partial charge in [0.2, 0.25) is 0 Å². The summed E-state index contributed by atoms with van der Waals surface area (Å²) in [5.74, 6) is 0.349. The van der Waals surface area contributed by atoms with E-state index in [4.69, 9.17) is 16.7 Å². The van der Waals surface area contributed by atoms with Crippen molar-refractivity contribution < 1.29 is 13.7 Å². The number of nitrogens with zero attached hydrogens (tertiary/aromatic N) is 3. The minimum atomic E-state index is -1.63. The van der Waals surface area contributed by atoms with Crippen LogP contribution >= 0.6 is 11.6 Å². The van der Waals surface area contributed by atoms with Crippen LogP contribution in [0.25, 0.3) is 11.4 Å². The molecule has 0 saturated heterocycles. The van der Waals surface area contributed by atoms with E-state index in [-0.39, 0.29) is 22.7 Å². The van der Waals surface area contributed by atoms with Crippen LogP contribution in [-0.4, -0.2) is 30.7 Å². The first-order valence-corrected chi connectivity index (χ1v) is 10.9. The number of aromatic nitrogens is 3. The monoisotopic (exact) mass is 450 g/mol. The Hall–Kier alpha value is -2.29. The van der Waals surface area contributed by atoms with Crippen LogP contribution in [-0.2, 0) is 29.9 Å². The highest BCUT2D eigenvalue weighted by Gasteiger charge is 2.19. The van der Waals surface area contributed by atoms with Gasteiger partial charge in [0.1, 0.15) is 22.6 Å². The van der Waals surface area contributed by atoms with Gasteiger partial charge in [-0.2, -0.15) is 0 Å². The zero-order valence-electron chi connectivity index (χ0n) is 17.2. The zero-order valence-corrected chi connectivity index (χ0v) is 18.8. The first kappa shape index (κ1) is 22.4. The van der Waals surface area contributed by atoms with E-state index in [2.05, 4.69) is 35.7 Å². The fraction of sp³-hybridized carbons (Fsp3) is 0.333. The van der Waals surface area contributed by atoms with Crippen molar-refractivity contribution in [3.8, 4) is 11.4 Å². The largest absolute Gasteiger partial charge is 0.396 e. The van der Waals surface area contributed by atoms with E-state index in [0.717, 1.165) is 5.56 Å². The van der Waals surface area contributed by atoms with E-state index in [0.29, 0.717) is 28.5 Å². The fourth-order valence-corrected chi connectivity index (χ4v) is 4.00. The summed E-state index contributed by atoms with van der Waals surface area (Å²) in [5.41, 5.74) is 1.84. The summed E-state index contributed by atoms with van der Waals surface area (Å²) in [5, 5.41) is 17.3. The maximum absolute atomic E-state index is 14.2. The third kappa shape index (κ3) is 4.71. The van der Waals surface area contributed by atoms with Crippen LogP contribution < -0.4 is 4.72 Å². The van der Waals surface area contributed by atoms with Crippen molar-refractivity contribution in [3.05, 3.63) is 58.6 Å². The molecule has 1 heterocycles. The lowest BCUT2D eigenvalue weighted by Gasteiger charge is -2.19. The van der Waals surface area contributed by atoms with Gasteiger partial charge in [-0.1, -0.05) is 44.5 Å². The summed E-state index contributed by atoms with van der Waals surface area (Å²) in [6.07, 6.45) is 0.327. The summed E-state index contributed by atoms with van der Waals surface area (Å²) in [7, 11) is 0.111. The van der Waals surface area contributed by atoms with Crippen molar-refractivity contribution in [1.29, 1.82) is 0 Å². The Kier molecular flexibility index (Phi) is 6.59. The molecule has 2 aromatic carbocycles. The lowest BCUT2D eigenvalue weighted by atomic mass is 9.87. The highest BCUT2D eigenvalue weighted by molar-refractivity contribution is 7.86. The highest BCUT2D eigenvalue weighted by atomic mass is 35.5. The number of hydrogen-bond donors (Lipinski definition) is 2. The Balaban J connectivity index is 1.96. The lowest BCUT2D eigenvalue weighted by Crippen LogP contribution is -2.12. The van der Waals surface area contributed by atoms with Crippen LogP contribution in [0.4, 0.5) is 10.1 Å². The van der Waals surface area contributed by atoms with Crippen molar-refractivity contribution in [2.45, 2.75) is 37.5 Å². The number of benzene rings is 2. The number of anilines is 1. The summed E-state index contributed by atoms with van der Waals surface area (Å²) >= 11 is 5.99. The van der Waals surface area contributed by atoms with Gasteiger partial charge < -0.3 is 14.4 Å². The Bertz CT molecular complexity index is 1080. The van der Waals surface area contributed by atoms with Crippen molar-refractivity contribution in [2.24, 2.45) is 7.05 Å². The number of hydrogen-bond acceptors (Lipinski definition) is 4. The second-order valence-electron chi connectivity index (χ2n) is 7.93. The minimum Gasteiger partial charge on any atom is -0.396 e. The molecule has 160 valence electrons. The van der Waals surface area contributed by atoms with Gasteiger partial charge in [-0.15, -0.1) is 10.2 Å². The Labute approximate surface area is 182 Å². The van der Waals surface area contributed by atoms with Gasteiger partial charge in [0.15, 0.2) is 5.82 Å². The summed E-state index contributed by atoms with van der Waals surface area (Å²) in [4.78, 5) is 0.559. The van der Waals surface area contributed by atoms with Gasteiger partial charge in [0.25, 0.3) is 0 Å². The van der Waals surface area contributed by atoms with Crippen LogP contribution in [0.2, 0.25) is 5.02 Å². The molecule has 0 bridgehead atoms. The molecule has 2 N–H and O–H groups in total. The molecule has 1 atom stereocenters. The topological polar surface area (TPSA) is 80.0 Å². The molecule has 1 aromatic heterocycles. The van der Waals surface area contributed by atoms with Crippen LogP contribution in [0, 0.1) is 5.82 Å². The fourth-order valence-electron chi connectivity index (χ4n) is 2.97. The SMILES string of the molecule is Cn1c(CCO)nnc1-c1cc(Cl)c(F)cc1NS(=O)c1ccc(C(C)(C)C)cc1. The second-order valence-corrected chi connectivity index (χ2v) is 9.55. The minimum absolute atomic E-state index is 0.0165. The van der Waals surface area contributed by atoms with Crippen molar-refractivity contribution in [2.75, 3.05) is 11.3 Å². The van der Waals surface area contributed by atoms with E-state index in [1.165, 1.54) is 12.1 Å².